The molecular weight excluding hydrogens is 482 g/mol. The average molecular weight is 504 g/mol. The Morgan fingerprint density at radius 2 is 1.26 bits per heavy atom. The standard InChI is InChI=1S/C34H21N3S/c1-3-11-22(12-4-1)24-19-28(23-13-5-2-6-14-23)36-31(20-24)37-29-17-9-7-15-25(29)27-21-35-34-32(33(27)37)26-16-8-10-18-30(26)38-34/h1-21H. The number of nitrogens with zero attached hydrogens (tertiary/aromatic N) is 3. The third-order valence-corrected chi connectivity index (χ3v) is 8.33. The van der Waals surface area contributed by atoms with Gasteiger partial charge in [0.25, 0.3) is 0 Å². The second kappa shape index (κ2) is 8.37. The van der Waals surface area contributed by atoms with Crippen LogP contribution in [-0.2, 0) is 0 Å². The van der Waals surface area contributed by atoms with E-state index in [1.54, 1.807) is 11.3 Å². The van der Waals surface area contributed by atoms with E-state index in [2.05, 4.69) is 120 Å². The molecule has 0 amide bonds. The fourth-order valence-electron chi connectivity index (χ4n) is 5.54. The first-order valence-corrected chi connectivity index (χ1v) is 13.5. The van der Waals surface area contributed by atoms with Crippen LogP contribution in [0.3, 0.4) is 0 Å². The topological polar surface area (TPSA) is 30.7 Å². The van der Waals surface area contributed by atoms with E-state index in [9.17, 15) is 0 Å². The average Bonchev–Trinajstić information content (AvgIpc) is 3.53. The van der Waals surface area contributed by atoms with Gasteiger partial charge in [-0.05, 0) is 35.4 Å². The number of benzene rings is 4. The van der Waals surface area contributed by atoms with Crippen molar-refractivity contribution in [3.8, 4) is 28.2 Å². The first-order valence-electron chi connectivity index (χ1n) is 12.7. The van der Waals surface area contributed by atoms with Crippen molar-refractivity contribution in [2.75, 3.05) is 0 Å². The van der Waals surface area contributed by atoms with Crippen LogP contribution in [0.5, 0.6) is 0 Å². The number of hydrogen-bond acceptors (Lipinski definition) is 3. The summed E-state index contributed by atoms with van der Waals surface area (Å²) < 4.78 is 3.59. The van der Waals surface area contributed by atoms with Gasteiger partial charge in [0.15, 0.2) is 0 Å². The molecule has 0 saturated carbocycles. The highest BCUT2D eigenvalue weighted by Crippen LogP contribution is 2.42. The summed E-state index contributed by atoms with van der Waals surface area (Å²) in [5, 5.41) is 4.75. The Labute approximate surface area is 223 Å². The first kappa shape index (κ1) is 21.3. The Hall–Kier alpha value is -4.80. The van der Waals surface area contributed by atoms with Crippen LogP contribution in [0.2, 0.25) is 0 Å². The van der Waals surface area contributed by atoms with Crippen LogP contribution < -0.4 is 0 Å². The van der Waals surface area contributed by atoms with Crippen LogP contribution in [0.15, 0.2) is 128 Å². The molecule has 0 radical (unpaired) electrons. The molecular formula is C34H21N3S. The minimum absolute atomic E-state index is 0.902. The molecule has 0 unspecified atom stereocenters. The van der Waals surface area contributed by atoms with Crippen molar-refractivity contribution in [2.45, 2.75) is 0 Å². The molecule has 0 fully saturated rings. The molecule has 4 aromatic heterocycles. The van der Waals surface area contributed by atoms with Gasteiger partial charge in [-0.2, -0.15) is 0 Å². The fourth-order valence-corrected chi connectivity index (χ4v) is 6.59. The van der Waals surface area contributed by atoms with Gasteiger partial charge in [-0.15, -0.1) is 11.3 Å². The summed E-state index contributed by atoms with van der Waals surface area (Å²) in [6.07, 6.45) is 2.03. The number of aromatic nitrogens is 3. The smallest absolute Gasteiger partial charge is 0.138 e. The minimum atomic E-state index is 0.902. The van der Waals surface area contributed by atoms with Crippen LogP contribution in [0, 0.1) is 0 Å². The third kappa shape index (κ3) is 3.21. The summed E-state index contributed by atoms with van der Waals surface area (Å²) in [4.78, 5) is 11.3. The number of para-hydroxylation sites is 1. The zero-order chi connectivity index (χ0) is 25.1. The third-order valence-electron chi connectivity index (χ3n) is 7.26. The lowest BCUT2D eigenvalue weighted by Gasteiger charge is -2.13. The van der Waals surface area contributed by atoms with E-state index in [0.717, 1.165) is 43.9 Å². The van der Waals surface area contributed by atoms with Gasteiger partial charge in [0, 0.05) is 38.0 Å². The summed E-state index contributed by atoms with van der Waals surface area (Å²) in [5.41, 5.74) is 6.64. The Morgan fingerprint density at radius 1 is 0.579 bits per heavy atom. The van der Waals surface area contributed by atoms with E-state index in [4.69, 9.17) is 9.97 Å². The molecule has 0 saturated heterocycles. The predicted molar refractivity (Wildman–Crippen MR) is 160 cm³/mol. The Kier molecular flexibility index (Phi) is 4.69. The molecule has 3 nitrogen and oxygen atoms in total. The quantitative estimate of drug-likeness (QED) is 0.240. The Bertz CT molecular complexity index is 2070. The van der Waals surface area contributed by atoms with Crippen LogP contribution in [0.4, 0.5) is 0 Å². The monoisotopic (exact) mass is 503 g/mol. The fraction of sp³-hybridized carbons (Fsp3) is 0. The van der Waals surface area contributed by atoms with Crippen molar-refractivity contribution >= 4 is 53.4 Å². The molecule has 38 heavy (non-hydrogen) atoms. The van der Waals surface area contributed by atoms with E-state index >= 15 is 0 Å². The number of thiophene rings is 1. The van der Waals surface area contributed by atoms with Crippen molar-refractivity contribution in [1.29, 1.82) is 0 Å². The van der Waals surface area contributed by atoms with E-state index in [0.29, 0.717) is 0 Å². The lowest BCUT2D eigenvalue weighted by Crippen LogP contribution is -2.00. The zero-order valence-electron chi connectivity index (χ0n) is 20.4. The molecule has 0 N–H and O–H groups in total. The van der Waals surface area contributed by atoms with Gasteiger partial charge in [-0.25, -0.2) is 9.97 Å². The van der Waals surface area contributed by atoms with Gasteiger partial charge in [0.1, 0.15) is 10.6 Å². The molecule has 0 aliphatic carbocycles. The number of fused-ring (bicyclic) bond motifs is 7. The lowest BCUT2D eigenvalue weighted by atomic mass is 10.0. The van der Waals surface area contributed by atoms with Crippen molar-refractivity contribution in [2.24, 2.45) is 0 Å². The van der Waals surface area contributed by atoms with Gasteiger partial charge in [-0.1, -0.05) is 97.1 Å². The van der Waals surface area contributed by atoms with Gasteiger partial charge in [0.2, 0.25) is 0 Å². The maximum absolute atomic E-state index is 5.29. The first-order chi connectivity index (χ1) is 18.8. The van der Waals surface area contributed by atoms with E-state index in [1.165, 1.54) is 26.4 Å². The zero-order valence-corrected chi connectivity index (χ0v) is 21.2. The maximum Gasteiger partial charge on any atom is 0.138 e. The highest BCUT2D eigenvalue weighted by atomic mass is 32.1. The Balaban J connectivity index is 1.54. The van der Waals surface area contributed by atoms with E-state index in [1.807, 2.05) is 12.3 Å². The van der Waals surface area contributed by atoms with Crippen LogP contribution in [0.25, 0.3) is 70.3 Å². The van der Waals surface area contributed by atoms with Gasteiger partial charge in [-0.3, -0.25) is 4.57 Å². The van der Waals surface area contributed by atoms with Gasteiger partial charge >= 0.3 is 0 Å². The molecule has 0 spiro atoms. The second-order valence-electron chi connectivity index (χ2n) is 9.48. The summed E-state index contributed by atoms with van der Waals surface area (Å²) in [5.74, 6) is 0.902. The lowest BCUT2D eigenvalue weighted by molar-refractivity contribution is 1.09. The van der Waals surface area contributed by atoms with Crippen molar-refractivity contribution in [3.05, 3.63) is 128 Å². The number of pyridine rings is 2. The van der Waals surface area contributed by atoms with Crippen molar-refractivity contribution < 1.29 is 0 Å². The van der Waals surface area contributed by atoms with Crippen LogP contribution >= 0.6 is 11.3 Å². The van der Waals surface area contributed by atoms with Crippen molar-refractivity contribution in [3.63, 3.8) is 0 Å². The number of rotatable bonds is 3. The molecule has 8 rings (SSSR count). The molecule has 4 heteroatoms. The highest BCUT2D eigenvalue weighted by Gasteiger charge is 2.20. The summed E-state index contributed by atoms with van der Waals surface area (Å²) >= 11 is 1.75. The summed E-state index contributed by atoms with van der Waals surface area (Å²) in [7, 11) is 0. The Morgan fingerprint density at radius 3 is 2.08 bits per heavy atom. The largest absolute Gasteiger partial charge is 0.293 e. The van der Waals surface area contributed by atoms with Crippen LogP contribution in [-0.4, -0.2) is 14.5 Å². The number of hydrogen-bond donors (Lipinski definition) is 0. The molecule has 4 heterocycles. The predicted octanol–water partition coefficient (Wildman–Crippen LogP) is 9.28. The molecule has 0 bridgehead atoms. The molecule has 8 aromatic rings. The molecule has 0 atom stereocenters. The minimum Gasteiger partial charge on any atom is -0.293 e. The second-order valence-corrected chi connectivity index (χ2v) is 10.5. The van der Waals surface area contributed by atoms with Crippen molar-refractivity contribution in [1.82, 2.24) is 14.5 Å². The summed E-state index contributed by atoms with van der Waals surface area (Å²) in [6.45, 7) is 0. The molecule has 4 aromatic carbocycles. The van der Waals surface area contributed by atoms with Crippen LogP contribution in [0.1, 0.15) is 0 Å². The molecule has 0 aliphatic heterocycles. The summed E-state index contributed by atoms with van der Waals surface area (Å²) in [6, 6.07) is 42.6. The normalized spacial score (nSPS) is 11.7. The van der Waals surface area contributed by atoms with Gasteiger partial charge < -0.3 is 0 Å². The van der Waals surface area contributed by atoms with E-state index in [-0.39, 0.29) is 0 Å². The molecule has 178 valence electrons. The SMILES string of the molecule is c1ccc(-c2cc(-c3ccccc3)nc(-n3c4ccccc4c4cnc5sc6ccccc6c5c43)c2)cc1. The van der Waals surface area contributed by atoms with E-state index < -0.39 is 0 Å². The maximum atomic E-state index is 5.29. The van der Waals surface area contributed by atoms with Gasteiger partial charge in [0.05, 0.1) is 16.7 Å². The highest BCUT2D eigenvalue weighted by molar-refractivity contribution is 7.25. The molecule has 0 aliphatic rings.